The number of thiophene rings is 1. The molecule has 0 aliphatic carbocycles. The number of halogens is 1. The van der Waals surface area contributed by atoms with Crippen molar-refractivity contribution in [3.8, 4) is 10.7 Å². The summed E-state index contributed by atoms with van der Waals surface area (Å²) < 4.78 is 2.24. The van der Waals surface area contributed by atoms with Crippen molar-refractivity contribution in [1.82, 2.24) is 20.2 Å². The van der Waals surface area contributed by atoms with E-state index in [1.165, 1.54) is 22.9 Å². The minimum absolute atomic E-state index is 0.464. The molecule has 0 aliphatic rings. The number of tetrazole rings is 1. The van der Waals surface area contributed by atoms with Crippen LogP contribution in [-0.4, -0.2) is 31.3 Å². The van der Waals surface area contributed by atoms with Gasteiger partial charge in [-0.3, -0.25) is 0 Å². The Morgan fingerprint density at radius 2 is 2.38 bits per heavy atom. The Morgan fingerprint density at radius 1 is 1.62 bits per heavy atom. The van der Waals surface area contributed by atoms with Crippen LogP contribution in [0.4, 0.5) is 0 Å². The molecule has 0 bridgehead atoms. The summed E-state index contributed by atoms with van der Waals surface area (Å²) in [5.41, 5.74) is 0. The standard InChI is InChI=1S/C8H7BrN4O2S/c1-4(8(14)15)13-7(10-11-12-13)5-2-3-6(9)16-5/h2-4H,1H3,(H,14,15). The Kier molecular flexibility index (Phi) is 3.01. The van der Waals surface area contributed by atoms with Crippen LogP contribution in [0.3, 0.4) is 0 Å². The van der Waals surface area contributed by atoms with Crippen molar-refractivity contribution in [2.24, 2.45) is 0 Å². The molecule has 8 heteroatoms. The van der Waals surface area contributed by atoms with E-state index in [2.05, 4.69) is 31.5 Å². The molecule has 0 aromatic carbocycles. The summed E-state index contributed by atoms with van der Waals surface area (Å²) in [6, 6.07) is 2.92. The molecule has 2 rings (SSSR count). The largest absolute Gasteiger partial charge is 0.480 e. The number of nitrogens with zero attached hydrogens (tertiary/aromatic N) is 4. The highest BCUT2D eigenvalue weighted by Crippen LogP contribution is 2.30. The van der Waals surface area contributed by atoms with Crippen molar-refractivity contribution in [2.45, 2.75) is 13.0 Å². The van der Waals surface area contributed by atoms with Crippen LogP contribution < -0.4 is 0 Å². The van der Waals surface area contributed by atoms with Crippen molar-refractivity contribution in [2.75, 3.05) is 0 Å². The van der Waals surface area contributed by atoms with Gasteiger partial charge >= 0.3 is 5.97 Å². The second-order valence-electron chi connectivity index (χ2n) is 3.07. The van der Waals surface area contributed by atoms with E-state index in [4.69, 9.17) is 5.11 Å². The fraction of sp³-hybridized carbons (Fsp3) is 0.250. The highest BCUT2D eigenvalue weighted by molar-refractivity contribution is 9.11. The topological polar surface area (TPSA) is 80.9 Å². The van der Waals surface area contributed by atoms with Crippen LogP contribution in [0.1, 0.15) is 13.0 Å². The molecule has 1 unspecified atom stereocenters. The van der Waals surface area contributed by atoms with Gasteiger partial charge < -0.3 is 5.11 Å². The van der Waals surface area contributed by atoms with Gasteiger partial charge in [-0.25, -0.2) is 9.48 Å². The predicted molar refractivity (Wildman–Crippen MR) is 61.2 cm³/mol. The second-order valence-corrected chi connectivity index (χ2v) is 5.53. The van der Waals surface area contributed by atoms with Gasteiger partial charge in [0.1, 0.15) is 0 Å². The van der Waals surface area contributed by atoms with E-state index in [1.807, 2.05) is 12.1 Å². The minimum atomic E-state index is -0.968. The van der Waals surface area contributed by atoms with Crippen LogP contribution in [0, 0.1) is 0 Å². The molecule has 0 radical (unpaired) electrons. The lowest BCUT2D eigenvalue weighted by Crippen LogP contribution is -2.17. The third-order valence-electron chi connectivity index (χ3n) is 2.01. The summed E-state index contributed by atoms with van der Waals surface area (Å²) in [4.78, 5) is 11.7. The summed E-state index contributed by atoms with van der Waals surface area (Å²) in [6.07, 6.45) is 0. The zero-order valence-electron chi connectivity index (χ0n) is 8.16. The first-order valence-corrected chi connectivity index (χ1v) is 5.97. The number of carboxylic acids is 1. The first kappa shape index (κ1) is 11.2. The molecule has 0 saturated heterocycles. The van der Waals surface area contributed by atoms with Gasteiger partial charge in [0.15, 0.2) is 11.9 Å². The summed E-state index contributed by atoms with van der Waals surface area (Å²) >= 11 is 4.78. The first-order chi connectivity index (χ1) is 7.59. The van der Waals surface area contributed by atoms with E-state index < -0.39 is 12.0 Å². The van der Waals surface area contributed by atoms with E-state index in [0.717, 1.165) is 8.66 Å². The lowest BCUT2D eigenvalue weighted by atomic mass is 10.3. The van der Waals surface area contributed by atoms with E-state index in [-0.39, 0.29) is 0 Å². The van der Waals surface area contributed by atoms with E-state index >= 15 is 0 Å². The van der Waals surface area contributed by atoms with Crippen LogP contribution in [0.2, 0.25) is 0 Å². The van der Waals surface area contributed by atoms with Crippen molar-refractivity contribution in [1.29, 1.82) is 0 Å². The number of carbonyl (C=O) groups is 1. The van der Waals surface area contributed by atoms with E-state index in [1.54, 1.807) is 0 Å². The molecular formula is C8H7BrN4O2S. The van der Waals surface area contributed by atoms with Crippen LogP contribution in [0.15, 0.2) is 15.9 Å². The Balaban J connectivity index is 2.43. The Labute approximate surface area is 103 Å². The highest BCUT2D eigenvalue weighted by Gasteiger charge is 2.20. The van der Waals surface area contributed by atoms with Crippen molar-refractivity contribution >= 4 is 33.2 Å². The van der Waals surface area contributed by atoms with Gasteiger partial charge in [0.2, 0.25) is 0 Å². The van der Waals surface area contributed by atoms with Gasteiger partial charge in [0.25, 0.3) is 0 Å². The SMILES string of the molecule is CC(C(=O)O)n1nnnc1-c1ccc(Br)s1. The molecule has 16 heavy (non-hydrogen) atoms. The van der Waals surface area contributed by atoms with Crippen molar-refractivity contribution in [3.05, 3.63) is 15.9 Å². The van der Waals surface area contributed by atoms with Crippen molar-refractivity contribution < 1.29 is 9.90 Å². The molecule has 84 valence electrons. The number of hydrogen-bond donors (Lipinski definition) is 1. The quantitative estimate of drug-likeness (QED) is 0.935. The number of rotatable bonds is 3. The number of aromatic nitrogens is 4. The van der Waals surface area contributed by atoms with E-state index in [9.17, 15) is 4.79 Å². The highest BCUT2D eigenvalue weighted by atomic mass is 79.9. The summed E-state index contributed by atoms with van der Waals surface area (Å²) in [5, 5.41) is 19.9. The zero-order chi connectivity index (χ0) is 11.7. The summed E-state index contributed by atoms with van der Waals surface area (Å²) in [5.74, 6) is -0.505. The summed E-state index contributed by atoms with van der Waals surface area (Å²) in [6.45, 7) is 1.53. The molecule has 1 atom stereocenters. The monoisotopic (exact) mass is 302 g/mol. The maximum absolute atomic E-state index is 10.9. The molecule has 0 amide bonds. The van der Waals surface area contributed by atoms with Gasteiger partial charge in [0, 0.05) is 0 Å². The fourth-order valence-electron chi connectivity index (χ4n) is 1.16. The molecule has 2 heterocycles. The molecule has 0 spiro atoms. The fourth-order valence-corrected chi connectivity index (χ4v) is 2.52. The van der Waals surface area contributed by atoms with Crippen LogP contribution in [0.5, 0.6) is 0 Å². The minimum Gasteiger partial charge on any atom is -0.480 e. The molecule has 2 aromatic heterocycles. The molecular weight excluding hydrogens is 296 g/mol. The van der Waals surface area contributed by atoms with Gasteiger partial charge in [-0.1, -0.05) is 0 Å². The van der Waals surface area contributed by atoms with Gasteiger partial charge in [-0.15, -0.1) is 16.4 Å². The Hall–Kier alpha value is -1.28. The smallest absolute Gasteiger partial charge is 0.328 e. The van der Waals surface area contributed by atoms with Gasteiger partial charge in [-0.05, 0) is 45.4 Å². The van der Waals surface area contributed by atoms with Gasteiger partial charge in [0.05, 0.1) is 8.66 Å². The molecule has 0 fully saturated rings. The normalized spacial score (nSPS) is 12.6. The predicted octanol–water partition coefficient (Wildman–Crippen LogP) is 1.81. The molecule has 2 aromatic rings. The lowest BCUT2D eigenvalue weighted by Gasteiger charge is -2.06. The third-order valence-corrected chi connectivity index (χ3v) is 3.63. The maximum Gasteiger partial charge on any atom is 0.328 e. The molecule has 0 aliphatic heterocycles. The third kappa shape index (κ3) is 1.98. The maximum atomic E-state index is 10.9. The molecule has 6 nitrogen and oxygen atoms in total. The Morgan fingerprint density at radius 3 is 2.94 bits per heavy atom. The van der Waals surface area contributed by atoms with Crippen molar-refractivity contribution in [3.63, 3.8) is 0 Å². The van der Waals surface area contributed by atoms with Crippen LogP contribution in [0.25, 0.3) is 10.7 Å². The Bertz CT molecular complexity index is 524. The van der Waals surface area contributed by atoms with E-state index in [0.29, 0.717) is 5.82 Å². The van der Waals surface area contributed by atoms with Gasteiger partial charge in [-0.2, -0.15) is 0 Å². The second kappa shape index (κ2) is 4.30. The summed E-state index contributed by atoms with van der Waals surface area (Å²) in [7, 11) is 0. The first-order valence-electron chi connectivity index (χ1n) is 4.36. The lowest BCUT2D eigenvalue weighted by molar-refractivity contribution is -0.140. The van der Waals surface area contributed by atoms with Crippen LogP contribution >= 0.6 is 27.3 Å². The number of aliphatic carboxylic acids is 1. The average Bonchev–Trinajstić information content (AvgIpc) is 2.83. The number of carboxylic acid groups (broad SMARTS) is 1. The van der Waals surface area contributed by atoms with Crippen LogP contribution in [-0.2, 0) is 4.79 Å². The average molecular weight is 303 g/mol. The molecule has 0 saturated carbocycles. The number of hydrogen-bond acceptors (Lipinski definition) is 5. The zero-order valence-corrected chi connectivity index (χ0v) is 10.6. The molecule has 1 N–H and O–H groups in total.